The Morgan fingerprint density at radius 3 is 2.90 bits per heavy atom. The molecule has 1 aliphatic heterocycles. The maximum absolute atomic E-state index is 12.3. The number of piperidine rings is 1. The molecule has 1 atom stereocenters. The van der Waals surface area contributed by atoms with E-state index in [0.29, 0.717) is 18.3 Å². The Bertz CT molecular complexity index is 611. The minimum atomic E-state index is -0.0652. The number of aromatic nitrogens is 4. The highest BCUT2D eigenvalue weighted by Crippen LogP contribution is 2.21. The highest BCUT2D eigenvalue weighted by atomic mass is 16.2. The number of aryl methyl sites for hydroxylation is 1. The molecule has 1 aliphatic rings. The van der Waals surface area contributed by atoms with Gasteiger partial charge in [0.25, 0.3) is 0 Å². The first kappa shape index (κ1) is 13.5. The second-order valence-electron chi connectivity index (χ2n) is 5.20. The van der Waals surface area contributed by atoms with Crippen molar-refractivity contribution in [1.82, 2.24) is 19.7 Å². The van der Waals surface area contributed by atoms with Crippen molar-refractivity contribution in [1.29, 1.82) is 0 Å². The van der Waals surface area contributed by atoms with Gasteiger partial charge in [0.15, 0.2) is 5.82 Å². The zero-order chi connectivity index (χ0) is 14.7. The van der Waals surface area contributed by atoms with E-state index in [1.165, 1.54) is 0 Å². The van der Waals surface area contributed by atoms with Crippen molar-refractivity contribution in [2.45, 2.75) is 12.8 Å². The Morgan fingerprint density at radius 1 is 1.38 bits per heavy atom. The standard InChI is InChI=1S/C14H18N6O/c1-19-9-5-12(18-19)17-13(21)11-4-2-8-20(10-11)14-15-6-3-7-16-14/h3,5-7,9,11H,2,4,8,10H2,1H3,(H,17,18,21)/t11-/m0/s1. The van der Waals surface area contributed by atoms with E-state index < -0.39 is 0 Å². The molecule has 2 aromatic heterocycles. The zero-order valence-corrected chi connectivity index (χ0v) is 11.9. The summed E-state index contributed by atoms with van der Waals surface area (Å²) >= 11 is 0. The average molecular weight is 286 g/mol. The minimum absolute atomic E-state index is 0.00864. The zero-order valence-electron chi connectivity index (χ0n) is 11.9. The van der Waals surface area contributed by atoms with Crippen LogP contribution in [0.15, 0.2) is 30.7 Å². The fourth-order valence-electron chi connectivity index (χ4n) is 2.54. The van der Waals surface area contributed by atoms with E-state index >= 15 is 0 Å². The number of amides is 1. The lowest BCUT2D eigenvalue weighted by atomic mass is 9.97. The third-order valence-electron chi connectivity index (χ3n) is 3.59. The third-order valence-corrected chi connectivity index (χ3v) is 3.59. The monoisotopic (exact) mass is 286 g/mol. The maximum atomic E-state index is 12.3. The van der Waals surface area contributed by atoms with Crippen molar-refractivity contribution in [3.63, 3.8) is 0 Å². The fourth-order valence-corrected chi connectivity index (χ4v) is 2.54. The van der Waals surface area contributed by atoms with Crippen molar-refractivity contribution in [2.24, 2.45) is 13.0 Å². The van der Waals surface area contributed by atoms with Crippen LogP contribution in [0.2, 0.25) is 0 Å². The first-order valence-electron chi connectivity index (χ1n) is 7.05. The molecule has 0 saturated carbocycles. The Hall–Kier alpha value is -2.44. The van der Waals surface area contributed by atoms with Crippen LogP contribution in [0.5, 0.6) is 0 Å². The van der Waals surface area contributed by atoms with Crippen LogP contribution in [-0.2, 0) is 11.8 Å². The van der Waals surface area contributed by atoms with Crippen molar-refractivity contribution in [3.05, 3.63) is 30.7 Å². The molecule has 21 heavy (non-hydrogen) atoms. The van der Waals surface area contributed by atoms with E-state index in [1.807, 2.05) is 7.05 Å². The predicted molar refractivity (Wildman–Crippen MR) is 78.8 cm³/mol. The molecule has 0 unspecified atom stereocenters. The Labute approximate surface area is 123 Å². The van der Waals surface area contributed by atoms with E-state index in [4.69, 9.17) is 0 Å². The van der Waals surface area contributed by atoms with Crippen molar-refractivity contribution in [2.75, 3.05) is 23.3 Å². The maximum Gasteiger partial charge on any atom is 0.230 e. The van der Waals surface area contributed by atoms with E-state index in [-0.39, 0.29) is 11.8 Å². The molecular weight excluding hydrogens is 268 g/mol. The number of rotatable bonds is 3. The first-order valence-corrected chi connectivity index (χ1v) is 7.05. The number of hydrogen-bond acceptors (Lipinski definition) is 5. The largest absolute Gasteiger partial charge is 0.340 e. The summed E-state index contributed by atoms with van der Waals surface area (Å²) in [5, 5.41) is 7.04. The quantitative estimate of drug-likeness (QED) is 0.913. The van der Waals surface area contributed by atoms with Gasteiger partial charge in [0.2, 0.25) is 11.9 Å². The molecule has 3 heterocycles. The summed E-state index contributed by atoms with van der Waals surface area (Å²) in [6, 6.07) is 3.58. The van der Waals surface area contributed by atoms with Gasteiger partial charge in [0.05, 0.1) is 5.92 Å². The number of hydrogen-bond donors (Lipinski definition) is 1. The smallest absolute Gasteiger partial charge is 0.230 e. The van der Waals surface area contributed by atoms with Gasteiger partial charge in [-0.3, -0.25) is 9.48 Å². The van der Waals surface area contributed by atoms with Gasteiger partial charge in [0, 0.05) is 44.8 Å². The molecule has 1 saturated heterocycles. The topological polar surface area (TPSA) is 75.9 Å². The summed E-state index contributed by atoms with van der Waals surface area (Å²) in [6.07, 6.45) is 7.08. The van der Waals surface area contributed by atoms with Crippen molar-refractivity contribution < 1.29 is 4.79 Å². The van der Waals surface area contributed by atoms with Gasteiger partial charge < -0.3 is 10.2 Å². The number of carbonyl (C=O) groups is 1. The third kappa shape index (κ3) is 3.18. The van der Waals surface area contributed by atoms with Gasteiger partial charge in [-0.15, -0.1) is 0 Å². The molecule has 0 aliphatic carbocycles. The van der Waals surface area contributed by atoms with Crippen LogP contribution in [0.1, 0.15) is 12.8 Å². The Morgan fingerprint density at radius 2 is 2.19 bits per heavy atom. The van der Waals surface area contributed by atoms with Crippen LogP contribution in [-0.4, -0.2) is 38.7 Å². The summed E-state index contributed by atoms with van der Waals surface area (Å²) in [6.45, 7) is 1.53. The molecule has 1 amide bonds. The predicted octanol–water partition coefficient (Wildman–Crippen LogP) is 1.07. The fraction of sp³-hybridized carbons (Fsp3) is 0.429. The van der Waals surface area contributed by atoms with Crippen LogP contribution in [0.4, 0.5) is 11.8 Å². The summed E-state index contributed by atoms with van der Waals surface area (Å²) < 4.78 is 1.67. The number of nitrogens with zero attached hydrogens (tertiary/aromatic N) is 5. The highest BCUT2D eigenvalue weighted by molar-refractivity contribution is 5.92. The highest BCUT2D eigenvalue weighted by Gasteiger charge is 2.27. The van der Waals surface area contributed by atoms with Crippen LogP contribution < -0.4 is 10.2 Å². The second-order valence-corrected chi connectivity index (χ2v) is 5.20. The van der Waals surface area contributed by atoms with Gasteiger partial charge in [0.1, 0.15) is 0 Å². The Balaban J connectivity index is 1.64. The number of anilines is 2. The van der Waals surface area contributed by atoms with Gasteiger partial charge in [-0.25, -0.2) is 9.97 Å². The first-order chi connectivity index (χ1) is 10.2. The lowest BCUT2D eigenvalue weighted by molar-refractivity contribution is -0.120. The van der Waals surface area contributed by atoms with Gasteiger partial charge in [-0.1, -0.05) is 0 Å². The van der Waals surface area contributed by atoms with Gasteiger partial charge in [-0.05, 0) is 18.9 Å². The Kier molecular flexibility index (Phi) is 3.81. The van der Waals surface area contributed by atoms with Gasteiger partial charge in [-0.2, -0.15) is 5.10 Å². The van der Waals surface area contributed by atoms with Crippen LogP contribution in [0.25, 0.3) is 0 Å². The lowest BCUT2D eigenvalue weighted by Gasteiger charge is -2.31. The molecule has 2 aromatic rings. The molecule has 7 heteroatoms. The lowest BCUT2D eigenvalue weighted by Crippen LogP contribution is -2.41. The number of carbonyl (C=O) groups excluding carboxylic acids is 1. The molecule has 0 bridgehead atoms. The van der Waals surface area contributed by atoms with Crippen molar-refractivity contribution >= 4 is 17.7 Å². The van der Waals surface area contributed by atoms with Crippen LogP contribution in [0, 0.1) is 5.92 Å². The second kappa shape index (κ2) is 5.90. The minimum Gasteiger partial charge on any atom is -0.340 e. The number of nitrogens with one attached hydrogen (secondary N) is 1. The molecule has 7 nitrogen and oxygen atoms in total. The van der Waals surface area contributed by atoms with Crippen LogP contribution >= 0.6 is 0 Å². The molecular formula is C14H18N6O. The molecule has 1 fully saturated rings. The van der Waals surface area contributed by atoms with Gasteiger partial charge >= 0.3 is 0 Å². The summed E-state index contributed by atoms with van der Waals surface area (Å²) in [4.78, 5) is 22.9. The van der Waals surface area contributed by atoms with E-state index in [9.17, 15) is 4.79 Å². The summed E-state index contributed by atoms with van der Waals surface area (Å²) in [7, 11) is 1.82. The molecule has 1 N–H and O–H groups in total. The van der Waals surface area contributed by atoms with E-state index in [1.54, 1.807) is 35.4 Å². The molecule has 0 radical (unpaired) electrons. The normalized spacial score (nSPS) is 18.5. The average Bonchev–Trinajstić information content (AvgIpc) is 2.93. The van der Waals surface area contributed by atoms with E-state index in [0.717, 1.165) is 19.4 Å². The molecule has 3 rings (SSSR count). The SMILES string of the molecule is Cn1ccc(NC(=O)[C@H]2CCCN(c3ncccn3)C2)n1. The summed E-state index contributed by atoms with van der Waals surface area (Å²) in [5.41, 5.74) is 0. The van der Waals surface area contributed by atoms with E-state index in [2.05, 4.69) is 25.3 Å². The van der Waals surface area contributed by atoms with Crippen LogP contribution in [0.3, 0.4) is 0 Å². The molecule has 110 valence electrons. The summed E-state index contributed by atoms with van der Waals surface area (Å²) in [5.74, 6) is 1.22. The van der Waals surface area contributed by atoms with Crippen molar-refractivity contribution in [3.8, 4) is 0 Å². The molecule has 0 aromatic carbocycles. The molecule has 0 spiro atoms.